The van der Waals surface area contributed by atoms with Gasteiger partial charge in [0.15, 0.2) is 12.2 Å². The van der Waals surface area contributed by atoms with Crippen molar-refractivity contribution in [2.24, 2.45) is 0 Å². The van der Waals surface area contributed by atoms with Crippen LogP contribution in [-0.4, -0.2) is 99.3 Å². The molecule has 4 aromatic carbocycles. The molecule has 20 heteroatoms. The summed E-state index contributed by atoms with van der Waals surface area (Å²) in [6, 6.07) is 21.8. The Morgan fingerprint density at radius 3 is 1.05 bits per heavy atom. The van der Waals surface area contributed by atoms with Crippen molar-refractivity contribution in [2.45, 2.75) is 24.4 Å². The van der Waals surface area contributed by atoms with E-state index in [4.69, 9.17) is 37.9 Å². The van der Waals surface area contributed by atoms with Crippen molar-refractivity contribution in [3.8, 4) is 23.0 Å². The molecule has 0 spiro atoms. The molecule has 4 unspecified atom stereocenters. The number of carbonyl (C=O) groups excluding carboxylic acids is 8. The van der Waals surface area contributed by atoms with Gasteiger partial charge in [0.1, 0.15) is 35.2 Å². The molecule has 2 saturated heterocycles. The van der Waals surface area contributed by atoms with E-state index in [9.17, 15) is 38.4 Å². The van der Waals surface area contributed by atoms with Gasteiger partial charge in [-0.2, -0.15) is 0 Å². The Morgan fingerprint density at radius 1 is 0.438 bits per heavy atom. The molecule has 330 valence electrons. The number of hydrogen-bond acceptors (Lipinski definition) is 20. The Balaban J connectivity index is 0.912. The van der Waals surface area contributed by atoms with E-state index in [0.29, 0.717) is 0 Å². The number of esters is 6. The molecule has 6 rings (SSSR count). The molecule has 0 aliphatic carbocycles. The molecule has 2 fully saturated rings. The van der Waals surface area contributed by atoms with Crippen molar-refractivity contribution >= 4 is 48.1 Å². The van der Waals surface area contributed by atoms with Gasteiger partial charge in [-0.25, -0.2) is 38.4 Å². The fraction of sp³-hybridized carbons (Fsp3) is 0.182. The van der Waals surface area contributed by atoms with Gasteiger partial charge in [-0.05, 0) is 97.1 Å². The molecule has 0 aromatic heterocycles. The van der Waals surface area contributed by atoms with Crippen LogP contribution >= 0.6 is 0 Å². The average molecular weight is 883 g/mol. The van der Waals surface area contributed by atoms with Crippen LogP contribution in [0, 0.1) is 0 Å². The third-order valence-electron chi connectivity index (χ3n) is 8.75. The summed E-state index contributed by atoms with van der Waals surface area (Å²) >= 11 is 0. The van der Waals surface area contributed by atoms with E-state index in [-0.39, 0.29) is 58.5 Å². The van der Waals surface area contributed by atoms with Gasteiger partial charge >= 0.3 is 48.1 Å². The summed E-state index contributed by atoms with van der Waals surface area (Å²) in [4.78, 5) is 96.8. The molecule has 0 saturated carbocycles. The number of fused-ring (bicyclic) bond motifs is 1. The highest BCUT2D eigenvalue weighted by Crippen LogP contribution is 2.32. The minimum absolute atomic E-state index is 0.0294. The van der Waals surface area contributed by atoms with E-state index in [0.717, 1.165) is 12.2 Å². The second-order valence-corrected chi connectivity index (χ2v) is 12.9. The molecule has 0 N–H and O–H groups in total. The average Bonchev–Trinajstić information content (AvgIpc) is 3.89. The van der Waals surface area contributed by atoms with Crippen LogP contribution in [-0.2, 0) is 47.5 Å². The predicted octanol–water partition coefficient (Wildman–Crippen LogP) is 5.08. The molecule has 2 heterocycles. The first-order chi connectivity index (χ1) is 30.9. The summed E-state index contributed by atoms with van der Waals surface area (Å²) in [5, 5.41) is 0. The highest BCUT2D eigenvalue weighted by atomic mass is 16.8. The Hall–Kier alpha value is -8.36. The lowest BCUT2D eigenvalue weighted by Gasteiger charge is -2.17. The summed E-state index contributed by atoms with van der Waals surface area (Å²) in [5.41, 5.74) is 0.508. The highest BCUT2D eigenvalue weighted by Gasteiger charge is 2.51. The molecule has 0 radical (unpaired) electrons. The lowest BCUT2D eigenvalue weighted by molar-refractivity contribution is -0.147. The Labute approximate surface area is 361 Å². The summed E-state index contributed by atoms with van der Waals surface area (Å²) in [5.74, 6) is -4.16. The van der Waals surface area contributed by atoms with Crippen LogP contribution in [0.1, 0.15) is 41.4 Å². The minimum atomic E-state index is -1.15. The minimum Gasteiger partial charge on any atom is -0.453 e. The van der Waals surface area contributed by atoms with Crippen LogP contribution in [0.3, 0.4) is 0 Å². The Bertz CT molecular complexity index is 2220. The molecular formula is C44H34O20. The van der Waals surface area contributed by atoms with Crippen LogP contribution in [0.25, 0.3) is 0 Å². The fourth-order valence-electron chi connectivity index (χ4n) is 5.65. The molecular weight excluding hydrogens is 848 g/mol. The van der Waals surface area contributed by atoms with Gasteiger partial charge < -0.3 is 56.8 Å². The van der Waals surface area contributed by atoms with E-state index < -0.39 is 86.1 Å². The van der Waals surface area contributed by atoms with Crippen LogP contribution in [0.2, 0.25) is 0 Å². The summed E-state index contributed by atoms with van der Waals surface area (Å²) in [6.45, 7) is 5.00. The molecule has 2 aliphatic heterocycles. The first kappa shape index (κ1) is 45.2. The highest BCUT2D eigenvalue weighted by molar-refractivity contribution is 5.93. The monoisotopic (exact) mass is 882 g/mol. The first-order valence-corrected chi connectivity index (χ1v) is 18.7. The van der Waals surface area contributed by atoms with Crippen molar-refractivity contribution < 1.29 is 95.2 Å². The van der Waals surface area contributed by atoms with Gasteiger partial charge in [0.25, 0.3) is 0 Å². The Morgan fingerprint density at radius 2 is 0.734 bits per heavy atom. The van der Waals surface area contributed by atoms with Gasteiger partial charge in [0.2, 0.25) is 13.6 Å². The molecule has 4 atom stereocenters. The van der Waals surface area contributed by atoms with E-state index in [1.165, 1.54) is 97.1 Å². The van der Waals surface area contributed by atoms with Crippen LogP contribution < -0.4 is 18.9 Å². The summed E-state index contributed by atoms with van der Waals surface area (Å²) in [7, 11) is 0. The summed E-state index contributed by atoms with van der Waals surface area (Å²) in [6.07, 6.45) is -3.60. The maximum Gasteiger partial charge on any atom is 0.516 e. The number of rotatable bonds is 16. The SMILES string of the molecule is C=CC(=O)OCOC(=O)Oc1ccc(C(=O)Oc2ccc(C(=O)OC3COC4C(OC(=O)c5ccc(OC(=O)c6ccc(OC(=O)OCOC(=O)C=C)cc6)cc5)COC34)cc2)cc1. The van der Waals surface area contributed by atoms with E-state index in [1.54, 1.807) is 0 Å². The van der Waals surface area contributed by atoms with Gasteiger partial charge in [-0.1, -0.05) is 13.2 Å². The van der Waals surface area contributed by atoms with Gasteiger partial charge in [-0.3, -0.25) is 0 Å². The number of ether oxygens (including phenoxy) is 12. The normalized spacial score (nSPS) is 16.9. The van der Waals surface area contributed by atoms with E-state index in [1.807, 2.05) is 0 Å². The predicted molar refractivity (Wildman–Crippen MR) is 210 cm³/mol. The maximum absolute atomic E-state index is 13.0. The molecule has 20 nitrogen and oxygen atoms in total. The van der Waals surface area contributed by atoms with Crippen LogP contribution in [0.15, 0.2) is 122 Å². The number of carbonyl (C=O) groups is 8. The third-order valence-corrected chi connectivity index (χ3v) is 8.75. The Kier molecular flexibility index (Phi) is 15.1. The smallest absolute Gasteiger partial charge is 0.453 e. The van der Waals surface area contributed by atoms with Crippen molar-refractivity contribution in [2.75, 3.05) is 26.8 Å². The fourth-order valence-corrected chi connectivity index (χ4v) is 5.65. The zero-order chi connectivity index (χ0) is 45.6. The second kappa shape index (κ2) is 21.4. The largest absolute Gasteiger partial charge is 0.516 e. The summed E-state index contributed by atoms with van der Waals surface area (Å²) < 4.78 is 61.7. The van der Waals surface area contributed by atoms with Crippen molar-refractivity contribution in [3.05, 3.63) is 145 Å². The topological polar surface area (TPSA) is 247 Å². The van der Waals surface area contributed by atoms with Crippen molar-refractivity contribution in [3.63, 3.8) is 0 Å². The standard InChI is InChI=1S/C44H34O20/c1-3-35(45)55-23-57-43(51)61-31-17-9-25(10-18-31)39(47)59-29-13-5-27(6-14-29)41(49)63-33-21-53-38-34(22-54-37(33)38)64-42(50)28-7-15-30(16-8-28)60-40(48)26-11-19-32(20-12-26)62-44(52)58-24-56-36(46)4-2/h3-20,33-34,37-38H,1-2,21-24H2. The van der Waals surface area contributed by atoms with Crippen molar-refractivity contribution in [1.29, 1.82) is 0 Å². The quantitative estimate of drug-likeness (QED) is 0.0355. The third kappa shape index (κ3) is 12.4. The van der Waals surface area contributed by atoms with Gasteiger partial charge in [0.05, 0.1) is 35.5 Å². The molecule has 64 heavy (non-hydrogen) atoms. The molecule has 0 amide bonds. The lowest BCUT2D eigenvalue weighted by atomic mass is 10.1. The van der Waals surface area contributed by atoms with Crippen molar-refractivity contribution in [1.82, 2.24) is 0 Å². The first-order valence-electron chi connectivity index (χ1n) is 18.7. The maximum atomic E-state index is 13.0. The van der Waals surface area contributed by atoms with Gasteiger partial charge in [-0.15, -0.1) is 0 Å². The zero-order valence-corrected chi connectivity index (χ0v) is 33.1. The van der Waals surface area contributed by atoms with Gasteiger partial charge in [0, 0.05) is 12.2 Å². The molecule has 0 bridgehead atoms. The number of benzene rings is 4. The number of hydrogen-bond donors (Lipinski definition) is 0. The molecule has 2 aliphatic rings. The molecule has 4 aromatic rings. The lowest BCUT2D eigenvalue weighted by Crippen LogP contribution is -2.36. The van der Waals surface area contributed by atoms with E-state index in [2.05, 4.69) is 32.1 Å². The van der Waals surface area contributed by atoms with Crippen LogP contribution in [0.5, 0.6) is 23.0 Å². The van der Waals surface area contributed by atoms with Crippen LogP contribution in [0.4, 0.5) is 9.59 Å². The van der Waals surface area contributed by atoms with E-state index >= 15 is 0 Å². The second-order valence-electron chi connectivity index (χ2n) is 12.9. The zero-order valence-electron chi connectivity index (χ0n) is 33.1.